The Morgan fingerprint density at radius 1 is 1.29 bits per heavy atom. The molecule has 0 atom stereocenters. The van der Waals surface area contributed by atoms with Crippen LogP contribution in [-0.4, -0.2) is 6.54 Å². The first-order chi connectivity index (χ1) is 6.58. The Labute approximate surface area is 102 Å². The Kier molecular flexibility index (Phi) is 4.96. The van der Waals surface area contributed by atoms with E-state index in [0.29, 0.717) is 10.0 Å². The average molecular weight is 295 g/mol. The third-order valence-corrected chi connectivity index (χ3v) is 2.29. The summed E-state index contributed by atoms with van der Waals surface area (Å²) in [5.74, 6) is 0. The summed E-state index contributed by atoms with van der Waals surface area (Å²) in [5, 5.41) is 4.51. The lowest BCUT2D eigenvalue weighted by Gasteiger charge is -2.04. The van der Waals surface area contributed by atoms with E-state index in [1.54, 1.807) is 6.07 Å². The Hall–Kier alpha value is -0.0200. The summed E-state index contributed by atoms with van der Waals surface area (Å²) < 4.78 is 0.922. The zero-order valence-corrected chi connectivity index (χ0v) is 10.6. The molecule has 0 amide bonds. The fourth-order valence-corrected chi connectivity index (χ4v) is 1.82. The van der Waals surface area contributed by atoms with E-state index in [1.165, 1.54) is 0 Å². The Morgan fingerprint density at radius 2 is 1.86 bits per heavy atom. The van der Waals surface area contributed by atoms with Crippen molar-refractivity contribution in [2.24, 2.45) is 0 Å². The van der Waals surface area contributed by atoms with Crippen LogP contribution in [0.3, 0.4) is 0 Å². The second kappa shape index (κ2) is 5.76. The predicted octanol–water partition coefficient (Wildman–Crippen LogP) is 3.99. The molecule has 0 radical (unpaired) electrons. The van der Waals surface area contributed by atoms with Crippen LogP contribution in [0.2, 0.25) is 10.0 Å². The van der Waals surface area contributed by atoms with Crippen molar-refractivity contribution in [1.29, 1.82) is 0 Å². The second-order valence-corrected chi connectivity index (χ2v) is 4.89. The lowest BCUT2D eigenvalue weighted by atomic mass is 10.2. The number of nitrogens with one attached hydrogen (secondary N) is 1. The SMILES string of the molecule is C=C(Br)CNCc1cc(Cl)cc(Cl)c1. The van der Waals surface area contributed by atoms with Crippen molar-refractivity contribution in [2.45, 2.75) is 6.54 Å². The van der Waals surface area contributed by atoms with Crippen LogP contribution < -0.4 is 5.32 Å². The molecule has 0 bridgehead atoms. The molecule has 0 aliphatic heterocycles. The van der Waals surface area contributed by atoms with Crippen LogP contribution in [-0.2, 0) is 6.54 Å². The second-order valence-electron chi connectivity index (χ2n) is 2.90. The first-order valence-electron chi connectivity index (χ1n) is 4.07. The van der Waals surface area contributed by atoms with Crippen LogP contribution >= 0.6 is 39.1 Å². The van der Waals surface area contributed by atoms with Crippen LogP contribution in [0.4, 0.5) is 0 Å². The van der Waals surface area contributed by atoms with E-state index in [-0.39, 0.29) is 0 Å². The molecule has 0 fully saturated rings. The molecule has 1 rings (SSSR count). The topological polar surface area (TPSA) is 12.0 Å². The molecule has 1 nitrogen and oxygen atoms in total. The molecule has 1 aromatic carbocycles. The van der Waals surface area contributed by atoms with Gasteiger partial charge in [-0.2, -0.15) is 0 Å². The van der Waals surface area contributed by atoms with E-state index in [4.69, 9.17) is 23.2 Å². The van der Waals surface area contributed by atoms with E-state index in [1.807, 2.05) is 12.1 Å². The van der Waals surface area contributed by atoms with Crippen molar-refractivity contribution < 1.29 is 0 Å². The lowest BCUT2D eigenvalue weighted by molar-refractivity contribution is 0.757. The number of benzene rings is 1. The van der Waals surface area contributed by atoms with Gasteiger partial charge in [0.05, 0.1) is 0 Å². The summed E-state index contributed by atoms with van der Waals surface area (Å²) >= 11 is 15.0. The van der Waals surface area contributed by atoms with Crippen molar-refractivity contribution in [2.75, 3.05) is 6.54 Å². The molecule has 0 unspecified atom stereocenters. The Bertz CT molecular complexity index is 319. The maximum absolute atomic E-state index is 5.85. The molecule has 0 saturated heterocycles. The molecule has 0 aliphatic carbocycles. The largest absolute Gasteiger partial charge is 0.308 e. The molecule has 76 valence electrons. The van der Waals surface area contributed by atoms with Crippen LogP contribution in [0.5, 0.6) is 0 Å². The molecule has 0 aromatic heterocycles. The summed E-state index contributed by atoms with van der Waals surface area (Å²) in [4.78, 5) is 0. The molecule has 0 saturated carbocycles. The highest BCUT2D eigenvalue weighted by atomic mass is 79.9. The van der Waals surface area contributed by atoms with Gasteiger partial charge in [0.15, 0.2) is 0 Å². The van der Waals surface area contributed by atoms with E-state index in [2.05, 4.69) is 27.8 Å². The molecule has 0 spiro atoms. The van der Waals surface area contributed by atoms with Crippen molar-refractivity contribution in [3.05, 3.63) is 44.9 Å². The minimum absolute atomic E-state index is 0.659. The molecular weight excluding hydrogens is 285 g/mol. The smallest absolute Gasteiger partial charge is 0.0424 e. The van der Waals surface area contributed by atoms with E-state index >= 15 is 0 Å². The van der Waals surface area contributed by atoms with Gasteiger partial charge in [-0.1, -0.05) is 45.7 Å². The summed E-state index contributed by atoms with van der Waals surface area (Å²) in [6, 6.07) is 5.49. The van der Waals surface area contributed by atoms with Crippen molar-refractivity contribution in [1.82, 2.24) is 5.32 Å². The fourth-order valence-electron chi connectivity index (χ4n) is 1.06. The van der Waals surface area contributed by atoms with Gasteiger partial charge in [-0.25, -0.2) is 0 Å². The summed E-state index contributed by atoms with van der Waals surface area (Å²) in [6.45, 7) is 5.18. The first-order valence-corrected chi connectivity index (χ1v) is 5.62. The van der Waals surface area contributed by atoms with Crippen LogP contribution in [0, 0.1) is 0 Å². The highest BCUT2D eigenvalue weighted by Gasteiger charge is 1.97. The zero-order chi connectivity index (χ0) is 10.6. The third-order valence-electron chi connectivity index (χ3n) is 1.57. The lowest BCUT2D eigenvalue weighted by Crippen LogP contribution is -2.14. The van der Waals surface area contributed by atoms with Gasteiger partial charge in [-0.3, -0.25) is 0 Å². The average Bonchev–Trinajstić information content (AvgIpc) is 2.01. The fraction of sp³-hybridized carbons (Fsp3) is 0.200. The molecule has 1 aromatic rings. The summed E-state index contributed by atoms with van der Waals surface area (Å²) in [7, 11) is 0. The van der Waals surface area contributed by atoms with Crippen molar-refractivity contribution in [3.8, 4) is 0 Å². The third kappa shape index (κ3) is 4.47. The molecule has 1 N–H and O–H groups in total. The number of rotatable bonds is 4. The Morgan fingerprint density at radius 3 is 2.36 bits per heavy atom. The molecular formula is C10H10BrCl2N. The Balaban J connectivity index is 2.54. The first kappa shape index (κ1) is 12.1. The van der Waals surface area contributed by atoms with Gasteiger partial charge in [0, 0.05) is 27.6 Å². The minimum Gasteiger partial charge on any atom is -0.308 e. The summed E-state index contributed by atoms with van der Waals surface area (Å²) in [5.41, 5.74) is 1.07. The number of hydrogen-bond acceptors (Lipinski definition) is 1. The van der Waals surface area contributed by atoms with Gasteiger partial charge in [-0.15, -0.1) is 0 Å². The minimum atomic E-state index is 0.659. The van der Waals surface area contributed by atoms with Crippen molar-refractivity contribution in [3.63, 3.8) is 0 Å². The quantitative estimate of drug-likeness (QED) is 0.885. The molecule has 4 heteroatoms. The normalized spacial score (nSPS) is 10.2. The molecule has 0 aliphatic rings. The standard InChI is InChI=1S/C10H10BrCl2N/c1-7(11)5-14-6-8-2-9(12)4-10(13)3-8/h2-4,14H,1,5-6H2. The number of halogens is 3. The van der Waals surface area contributed by atoms with E-state index in [0.717, 1.165) is 23.1 Å². The van der Waals surface area contributed by atoms with E-state index in [9.17, 15) is 0 Å². The van der Waals surface area contributed by atoms with Gasteiger partial charge in [0.25, 0.3) is 0 Å². The highest BCUT2D eigenvalue weighted by Crippen LogP contribution is 2.18. The zero-order valence-electron chi connectivity index (χ0n) is 7.49. The van der Waals surface area contributed by atoms with Crippen molar-refractivity contribution >= 4 is 39.1 Å². The van der Waals surface area contributed by atoms with Gasteiger partial charge < -0.3 is 5.32 Å². The van der Waals surface area contributed by atoms with Crippen LogP contribution in [0.25, 0.3) is 0 Å². The molecule has 14 heavy (non-hydrogen) atoms. The summed E-state index contributed by atoms with van der Waals surface area (Å²) in [6.07, 6.45) is 0. The highest BCUT2D eigenvalue weighted by molar-refractivity contribution is 9.11. The van der Waals surface area contributed by atoms with Crippen LogP contribution in [0.15, 0.2) is 29.3 Å². The van der Waals surface area contributed by atoms with Gasteiger partial charge in [0.1, 0.15) is 0 Å². The van der Waals surface area contributed by atoms with Gasteiger partial charge >= 0.3 is 0 Å². The van der Waals surface area contributed by atoms with Crippen LogP contribution in [0.1, 0.15) is 5.56 Å². The van der Waals surface area contributed by atoms with Gasteiger partial charge in [-0.05, 0) is 23.8 Å². The molecule has 0 heterocycles. The predicted molar refractivity (Wildman–Crippen MR) is 66.2 cm³/mol. The van der Waals surface area contributed by atoms with Gasteiger partial charge in [0.2, 0.25) is 0 Å². The number of hydrogen-bond donors (Lipinski definition) is 1. The maximum Gasteiger partial charge on any atom is 0.0424 e. The van der Waals surface area contributed by atoms with E-state index < -0.39 is 0 Å². The monoisotopic (exact) mass is 293 g/mol. The maximum atomic E-state index is 5.85.